The highest BCUT2D eigenvalue weighted by atomic mass is 16.5. The number of aryl methyl sites for hydroxylation is 1. The van der Waals surface area contributed by atoms with Crippen molar-refractivity contribution in [1.29, 1.82) is 0 Å². The molecule has 0 saturated carbocycles. The smallest absolute Gasteiger partial charge is 0.223 e. The largest absolute Gasteiger partial charge is 0.379 e. The van der Waals surface area contributed by atoms with Crippen LogP contribution in [0, 0.1) is 12.8 Å². The van der Waals surface area contributed by atoms with E-state index < -0.39 is 0 Å². The maximum absolute atomic E-state index is 12.8. The van der Waals surface area contributed by atoms with Gasteiger partial charge >= 0.3 is 0 Å². The highest BCUT2D eigenvalue weighted by Gasteiger charge is 2.27. The summed E-state index contributed by atoms with van der Waals surface area (Å²) in [7, 11) is 0. The molecule has 0 radical (unpaired) electrons. The Kier molecular flexibility index (Phi) is 7.64. The Bertz CT molecular complexity index is 1130. The van der Waals surface area contributed by atoms with E-state index in [1.54, 1.807) is 0 Å². The average Bonchev–Trinajstić information content (AvgIpc) is 3.27. The number of carbonyl (C=O) groups is 1. The zero-order valence-electron chi connectivity index (χ0n) is 20.8. The van der Waals surface area contributed by atoms with E-state index in [2.05, 4.69) is 69.1 Å². The normalized spacial score (nSPS) is 17.7. The molecule has 0 spiro atoms. The number of fused-ring (bicyclic) bond motifs is 1. The third-order valence-corrected chi connectivity index (χ3v) is 7.43. The van der Waals surface area contributed by atoms with E-state index in [9.17, 15) is 4.79 Å². The first-order valence-corrected chi connectivity index (χ1v) is 13.0. The second kappa shape index (κ2) is 11.2. The van der Waals surface area contributed by atoms with Crippen LogP contribution in [0.4, 0.5) is 5.95 Å². The number of aromatic nitrogens is 2. The number of morpholine rings is 1. The van der Waals surface area contributed by atoms with Crippen molar-refractivity contribution in [2.24, 2.45) is 5.92 Å². The number of hydrogen-bond acceptors (Lipinski definition) is 5. The summed E-state index contributed by atoms with van der Waals surface area (Å²) in [5.74, 6) is 1.31. The predicted molar refractivity (Wildman–Crippen MR) is 140 cm³/mol. The lowest BCUT2D eigenvalue weighted by Crippen LogP contribution is -2.42. The second-order valence-corrected chi connectivity index (χ2v) is 9.77. The van der Waals surface area contributed by atoms with Gasteiger partial charge in [0, 0.05) is 38.6 Å². The van der Waals surface area contributed by atoms with Crippen molar-refractivity contribution in [2.75, 3.05) is 57.4 Å². The Hall–Kier alpha value is -2.90. The fourth-order valence-electron chi connectivity index (χ4n) is 5.24. The van der Waals surface area contributed by atoms with Crippen LogP contribution in [0.1, 0.15) is 30.4 Å². The molecule has 2 aromatic carbocycles. The molecule has 7 nitrogen and oxygen atoms in total. The summed E-state index contributed by atoms with van der Waals surface area (Å²) in [5.41, 5.74) is 4.78. The first kappa shape index (κ1) is 23.8. The molecule has 2 saturated heterocycles. The minimum Gasteiger partial charge on any atom is -0.379 e. The Balaban J connectivity index is 1.19. The van der Waals surface area contributed by atoms with Gasteiger partial charge in [-0.25, -0.2) is 4.98 Å². The molecule has 186 valence electrons. The van der Waals surface area contributed by atoms with Crippen molar-refractivity contribution in [1.82, 2.24) is 19.8 Å². The molecule has 3 heterocycles. The third kappa shape index (κ3) is 5.68. The quantitative estimate of drug-likeness (QED) is 0.506. The summed E-state index contributed by atoms with van der Waals surface area (Å²) in [6.07, 6.45) is 2.72. The van der Waals surface area contributed by atoms with Crippen LogP contribution in [0.2, 0.25) is 0 Å². The van der Waals surface area contributed by atoms with E-state index in [1.165, 1.54) is 11.1 Å². The number of anilines is 1. The van der Waals surface area contributed by atoms with E-state index in [1.807, 2.05) is 6.07 Å². The molecule has 1 amide bonds. The van der Waals surface area contributed by atoms with Gasteiger partial charge in [-0.3, -0.25) is 9.69 Å². The molecule has 2 fully saturated rings. The topological polar surface area (TPSA) is 62.6 Å². The molecule has 35 heavy (non-hydrogen) atoms. The highest BCUT2D eigenvalue weighted by Crippen LogP contribution is 2.28. The van der Waals surface area contributed by atoms with Crippen molar-refractivity contribution < 1.29 is 9.53 Å². The van der Waals surface area contributed by atoms with E-state index in [0.29, 0.717) is 0 Å². The Morgan fingerprint density at radius 3 is 2.57 bits per heavy atom. The van der Waals surface area contributed by atoms with E-state index in [4.69, 9.17) is 9.72 Å². The van der Waals surface area contributed by atoms with Crippen LogP contribution in [0.25, 0.3) is 11.0 Å². The van der Waals surface area contributed by atoms with E-state index in [0.717, 1.165) is 95.3 Å². The molecular formula is C28H37N5O2. The Labute approximate surface area is 208 Å². The predicted octanol–water partition coefficient (Wildman–Crippen LogP) is 3.45. The molecule has 1 N–H and O–H groups in total. The molecule has 5 rings (SSSR count). The lowest BCUT2D eigenvalue weighted by Gasteiger charge is -2.32. The Morgan fingerprint density at radius 2 is 1.77 bits per heavy atom. The Morgan fingerprint density at radius 1 is 1.03 bits per heavy atom. The van der Waals surface area contributed by atoms with Crippen molar-refractivity contribution in [3.05, 3.63) is 59.7 Å². The first-order chi connectivity index (χ1) is 17.2. The summed E-state index contributed by atoms with van der Waals surface area (Å²) in [5, 5.41) is 3.18. The van der Waals surface area contributed by atoms with Crippen LogP contribution in [0.3, 0.4) is 0 Å². The lowest BCUT2D eigenvalue weighted by molar-refractivity contribution is -0.125. The number of imidazole rings is 1. The number of carbonyl (C=O) groups excluding carboxylic acids is 1. The third-order valence-electron chi connectivity index (χ3n) is 7.43. The van der Waals surface area contributed by atoms with Gasteiger partial charge in [-0.05, 0) is 56.0 Å². The minimum atomic E-state index is 0.0869. The van der Waals surface area contributed by atoms with Gasteiger partial charge in [0.25, 0.3) is 0 Å². The van der Waals surface area contributed by atoms with Crippen molar-refractivity contribution in [2.45, 2.75) is 32.7 Å². The number of hydrogen-bond donors (Lipinski definition) is 1. The molecular weight excluding hydrogens is 438 g/mol. The number of piperidine rings is 1. The number of benzene rings is 2. The van der Waals surface area contributed by atoms with Gasteiger partial charge in [-0.15, -0.1) is 0 Å². The standard InChI is InChI=1S/C28H37N5O2/c1-22-7-2-3-8-24(22)21-33-26-10-5-4-9-25(26)30-28(33)32-15-11-23(12-16-32)27(34)29-13-6-14-31-17-19-35-20-18-31/h2-5,7-10,23H,6,11-21H2,1H3,(H,29,34). The molecule has 3 aromatic rings. The van der Waals surface area contributed by atoms with Gasteiger partial charge in [0.05, 0.1) is 30.8 Å². The first-order valence-electron chi connectivity index (χ1n) is 13.0. The summed E-state index contributed by atoms with van der Waals surface area (Å²) >= 11 is 0. The highest BCUT2D eigenvalue weighted by molar-refractivity contribution is 5.80. The minimum absolute atomic E-state index is 0.0869. The molecule has 2 aliphatic heterocycles. The molecule has 2 aliphatic rings. The van der Waals surface area contributed by atoms with Gasteiger partial charge in [-0.1, -0.05) is 36.4 Å². The monoisotopic (exact) mass is 475 g/mol. The lowest BCUT2D eigenvalue weighted by atomic mass is 9.96. The van der Waals surface area contributed by atoms with Crippen LogP contribution >= 0.6 is 0 Å². The van der Waals surface area contributed by atoms with Crippen LogP contribution < -0.4 is 10.2 Å². The molecule has 0 atom stereocenters. The number of para-hydroxylation sites is 2. The van der Waals surface area contributed by atoms with Gasteiger partial charge in [0.1, 0.15) is 0 Å². The zero-order valence-corrected chi connectivity index (χ0v) is 20.8. The fourth-order valence-corrected chi connectivity index (χ4v) is 5.24. The number of nitrogens with one attached hydrogen (secondary N) is 1. The number of rotatable bonds is 8. The van der Waals surface area contributed by atoms with Crippen molar-refractivity contribution in [3.63, 3.8) is 0 Å². The SMILES string of the molecule is Cc1ccccc1Cn1c(N2CCC(C(=O)NCCCN3CCOCC3)CC2)nc2ccccc21. The van der Waals surface area contributed by atoms with E-state index in [-0.39, 0.29) is 11.8 Å². The summed E-state index contributed by atoms with van der Waals surface area (Å²) in [6, 6.07) is 16.9. The van der Waals surface area contributed by atoms with Crippen molar-refractivity contribution in [3.8, 4) is 0 Å². The summed E-state index contributed by atoms with van der Waals surface area (Å²) in [6.45, 7) is 10.1. The van der Waals surface area contributed by atoms with Gasteiger partial charge < -0.3 is 19.5 Å². The van der Waals surface area contributed by atoms with Gasteiger partial charge in [0.15, 0.2) is 0 Å². The number of ether oxygens (including phenoxy) is 1. The molecule has 7 heteroatoms. The summed E-state index contributed by atoms with van der Waals surface area (Å²) < 4.78 is 7.74. The van der Waals surface area contributed by atoms with Crippen LogP contribution in [0.15, 0.2) is 48.5 Å². The molecule has 0 unspecified atom stereocenters. The summed E-state index contributed by atoms with van der Waals surface area (Å²) in [4.78, 5) is 22.6. The van der Waals surface area contributed by atoms with Gasteiger partial charge in [-0.2, -0.15) is 0 Å². The van der Waals surface area contributed by atoms with Crippen LogP contribution in [-0.4, -0.2) is 72.8 Å². The zero-order chi connectivity index (χ0) is 24.0. The second-order valence-electron chi connectivity index (χ2n) is 9.77. The molecule has 0 aliphatic carbocycles. The fraction of sp³-hybridized carbons (Fsp3) is 0.500. The maximum Gasteiger partial charge on any atom is 0.223 e. The molecule has 1 aromatic heterocycles. The van der Waals surface area contributed by atoms with Crippen LogP contribution in [0.5, 0.6) is 0 Å². The number of nitrogens with zero attached hydrogens (tertiary/aromatic N) is 4. The van der Waals surface area contributed by atoms with Gasteiger partial charge in [0.2, 0.25) is 11.9 Å². The van der Waals surface area contributed by atoms with E-state index >= 15 is 0 Å². The number of amides is 1. The van der Waals surface area contributed by atoms with Crippen LogP contribution in [-0.2, 0) is 16.1 Å². The maximum atomic E-state index is 12.8. The van der Waals surface area contributed by atoms with Crippen molar-refractivity contribution >= 4 is 22.9 Å². The average molecular weight is 476 g/mol. The molecule has 0 bridgehead atoms.